The number of nitrogens with one attached hydrogen (secondary N) is 1. The second-order valence-electron chi connectivity index (χ2n) is 5.14. The molecule has 3 rings (SSSR count). The number of rotatable bonds is 5. The lowest BCUT2D eigenvalue weighted by atomic mass is 10.2. The third-order valence-electron chi connectivity index (χ3n) is 3.33. The summed E-state index contributed by atoms with van der Waals surface area (Å²) in [7, 11) is 0. The minimum absolute atomic E-state index is 0.0913. The van der Waals surface area contributed by atoms with Crippen LogP contribution in [-0.2, 0) is 20.7 Å². The summed E-state index contributed by atoms with van der Waals surface area (Å²) in [5, 5.41) is 7.86. The molecule has 1 aromatic heterocycles. The molecule has 0 aliphatic rings. The van der Waals surface area contributed by atoms with Crippen LogP contribution in [0.2, 0.25) is 10.0 Å². The molecule has 0 saturated carbocycles. The van der Waals surface area contributed by atoms with Crippen molar-refractivity contribution < 1.29 is 18.8 Å². The molecule has 3 aromatic rings. The van der Waals surface area contributed by atoms with Gasteiger partial charge < -0.3 is 14.6 Å². The smallest absolute Gasteiger partial charge is 0.312 e. The lowest BCUT2D eigenvalue weighted by molar-refractivity contribution is -0.146. The summed E-state index contributed by atoms with van der Waals surface area (Å²) >= 11 is 11.7. The van der Waals surface area contributed by atoms with Gasteiger partial charge in [0, 0.05) is 10.4 Å². The van der Waals surface area contributed by atoms with Crippen molar-refractivity contribution in [1.29, 1.82) is 0 Å². The highest BCUT2D eigenvalue weighted by Crippen LogP contribution is 2.25. The fourth-order valence-electron chi connectivity index (χ4n) is 2.18. The highest BCUT2D eigenvalue weighted by Gasteiger charge is 2.15. The maximum absolute atomic E-state index is 11.9. The molecule has 0 atom stereocenters. The van der Waals surface area contributed by atoms with Crippen LogP contribution in [0, 0.1) is 0 Å². The van der Waals surface area contributed by atoms with Crippen LogP contribution in [0.1, 0.15) is 5.69 Å². The molecule has 0 aliphatic carbocycles. The number of benzene rings is 2. The van der Waals surface area contributed by atoms with Crippen LogP contribution in [0.4, 0.5) is 5.69 Å². The lowest BCUT2D eigenvalue weighted by Gasteiger charge is -2.08. The first kappa shape index (κ1) is 17.3. The van der Waals surface area contributed by atoms with Crippen LogP contribution in [0.5, 0.6) is 0 Å². The van der Waals surface area contributed by atoms with Crippen molar-refractivity contribution in [2.75, 3.05) is 11.9 Å². The van der Waals surface area contributed by atoms with E-state index >= 15 is 0 Å². The fraction of sp³-hybridized carbons (Fsp3) is 0.118. The maximum Gasteiger partial charge on any atom is 0.312 e. The van der Waals surface area contributed by atoms with Crippen molar-refractivity contribution in [3.63, 3.8) is 0 Å². The minimum Gasteiger partial charge on any atom is -0.455 e. The highest BCUT2D eigenvalue weighted by molar-refractivity contribution is 6.36. The van der Waals surface area contributed by atoms with Crippen molar-refractivity contribution in [3.05, 3.63) is 58.2 Å². The van der Waals surface area contributed by atoms with Crippen molar-refractivity contribution >= 4 is 51.7 Å². The van der Waals surface area contributed by atoms with E-state index in [-0.39, 0.29) is 6.42 Å². The summed E-state index contributed by atoms with van der Waals surface area (Å²) in [4.78, 5) is 23.7. The molecule has 0 unspecified atom stereocenters. The van der Waals surface area contributed by atoms with E-state index in [2.05, 4.69) is 10.5 Å². The zero-order valence-electron chi connectivity index (χ0n) is 12.8. The molecule has 0 fully saturated rings. The van der Waals surface area contributed by atoms with Gasteiger partial charge in [0.25, 0.3) is 5.91 Å². The largest absolute Gasteiger partial charge is 0.455 e. The van der Waals surface area contributed by atoms with Gasteiger partial charge in [-0.05, 0) is 30.3 Å². The normalized spacial score (nSPS) is 10.6. The molecule has 25 heavy (non-hydrogen) atoms. The van der Waals surface area contributed by atoms with Gasteiger partial charge in [0.15, 0.2) is 12.2 Å². The lowest BCUT2D eigenvalue weighted by Crippen LogP contribution is -2.21. The highest BCUT2D eigenvalue weighted by atomic mass is 35.5. The van der Waals surface area contributed by atoms with E-state index in [1.165, 1.54) is 6.07 Å². The fourth-order valence-corrected chi connectivity index (χ4v) is 2.63. The first-order valence-corrected chi connectivity index (χ1v) is 8.02. The third kappa shape index (κ3) is 4.29. The van der Waals surface area contributed by atoms with Crippen molar-refractivity contribution in [2.45, 2.75) is 6.42 Å². The average Bonchev–Trinajstić information content (AvgIpc) is 2.99. The Labute approximate surface area is 152 Å². The Kier molecular flexibility index (Phi) is 5.21. The van der Waals surface area contributed by atoms with E-state index in [1.54, 1.807) is 24.3 Å². The number of para-hydroxylation sites is 1. The SMILES string of the molecule is O=C(COC(=O)Cc1noc2ccccc12)Nc1ccc(Cl)cc1Cl. The zero-order chi connectivity index (χ0) is 17.8. The van der Waals surface area contributed by atoms with Crippen LogP contribution in [-0.4, -0.2) is 23.6 Å². The Balaban J connectivity index is 1.54. The number of nitrogens with zero attached hydrogens (tertiary/aromatic N) is 1. The van der Waals surface area contributed by atoms with Gasteiger partial charge in [0.1, 0.15) is 5.69 Å². The molecule has 6 nitrogen and oxygen atoms in total. The van der Waals surface area contributed by atoms with Crippen LogP contribution >= 0.6 is 23.2 Å². The number of carbonyl (C=O) groups excluding carboxylic acids is 2. The molecule has 0 saturated heterocycles. The average molecular weight is 379 g/mol. The van der Waals surface area contributed by atoms with Crippen molar-refractivity contribution in [2.24, 2.45) is 0 Å². The first-order valence-electron chi connectivity index (χ1n) is 7.27. The molecule has 1 amide bonds. The first-order chi connectivity index (χ1) is 12.0. The van der Waals surface area contributed by atoms with E-state index in [4.69, 9.17) is 32.5 Å². The summed E-state index contributed by atoms with van der Waals surface area (Å²) in [5.41, 5.74) is 1.43. The summed E-state index contributed by atoms with van der Waals surface area (Å²) in [6.45, 7) is -0.437. The van der Waals surface area contributed by atoms with Gasteiger partial charge in [0.05, 0.1) is 17.1 Å². The monoisotopic (exact) mass is 378 g/mol. The molecular weight excluding hydrogens is 367 g/mol. The van der Waals surface area contributed by atoms with Crippen LogP contribution < -0.4 is 5.32 Å². The summed E-state index contributed by atoms with van der Waals surface area (Å²) in [6.07, 6.45) is -0.0913. The molecule has 0 spiro atoms. The number of amides is 1. The Bertz CT molecular complexity index is 939. The van der Waals surface area contributed by atoms with Gasteiger partial charge in [-0.1, -0.05) is 40.5 Å². The van der Waals surface area contributed by atoms with Crippen LogP contribution in [0.3, 0.4) is 0 Å². The number of esters is 1. The number of fused-ring (bicyclic) bond motifs is 1. The molecule has 0 aliphatic heterocycles. The van der Waals surface area contributed by atoms with E-state index in [9.17, 15) is 9.59 Å². The zero-order valence-corrected chi connectivity index (χ0v) is 14.3. The molecule has 1 heterocycles. The van der Waals surface area contributed by atoms with E-state index in [0.717, 1.165) is 5.39 Å². The molecule has 2 aromatic carbocycles. The third-order valence-corrected chi connectivity index (χ3v) is 3.88. The Hall–Kier alpha value is -2.57. The Morgan fingerprint density at radius 3 is 2.76 bits per heavy atom. The van der Waals surface area contributed by atoms with Gasteiger partial charge in [-0.2, -0.15) is 0 Å². The van der Waals surface area contributed by atoms with Gasteiger partial charge >= 0.3 is 5.97 Å². The standard InChI is InChI=1S/C17H12Cl2N2O4/c18-10-5-6-13(12(19)7-10)20-16(22)9-24-17(23)8-14-11-3-1-2-4-15(11)25-21-14/h1-7H,8-9H2,(H,20,22). The predicted molar refractivity (Wildman–Crippen MR) is 93.8 cm³/mol. The minimum atomic E-state index is -0.587. The van der Waals surface area contributed by atoms with Gasteiger partial charge in [0.2, 0.25) is 0 Å². The second kappa shape index (κ2) is 7.55. The van der Waals surface area contributed by atoms with Crippen LogP contribution in [0.15, 0.2) is 47.0 Å². The molecular formula is C17H12Cl2N2O4. The number of hydrogen-bond donors (Lipinski definition) is 1. The number of aromatic nitrogens is 1. The summed E-state index contributed by atoms with van der Waals surface area (Å²) < 4.78 is 10.1. The predicted octanol–water partition coefficient (Wildman–Crippen LogP) is 3.86. The molecule has 1 N–H and O–H groups in total. The second-order valence-corrected chi connectivity index (χ2v) is 5.98. The van der Waals surface area contributed by atoms with Crippen molar-refractivity contribution in [3.8, 4) is 0 Å². The van der Waals surface area contributed by atoms with E-state index in [1.807, 2.05) is 12.1 Å². The maximum atomic E-state index is 11.9. The van der Waals surface area contributed by atoms with Gasteiger partial charge in [-0.15, -0.1) is 0 Å². The number of halogens is 2. The van der Waals surface area contributed by atoms with Crippen LogP contribution in [0.25, 0.3) is 11.0 Å². The summed E-state index contributed by atoms with van der Waals surface area (Å²) in [6, 6.07) is 11.8. The molecule has 0 bridgehead atoms. The topological polar surface area (TPSA) is 81.4 Å². The van der Waals surface area contributed by atoms with Gasteiger partial charge in [-0.3, -0.25) is 9.59 Å². The number of ether oxygens (including phenoxy) is 1. The Morgan fingerprint density at radius 1 is 1.16 bits per heavy atom. The van der Waals surface area contributed by atoms with Crippen molar-refractivity contribution in [1.82, 2.24) is 5.16 Å². The Morgan fingerprint density at radius 2 is 1.96 bits per heavy atom. The number of hydrogen-bond acceptors (Lipinski definition) is 5. The molecule has 0 radical (unpaired) electrons. The summed E-state index contributed by atoms with van der Waals surface area (Å²) in [5.74, 6) is -1.10. The molecule has 8 heteroatoms. The quantitative estimate of drug-likeness (QED) is 0.681. The van der Waals surface area contributed by atoms with Gasteiger partial charge in [-0.25, -0.2) is 0 Å². The van der Waals surface area contributed by atoms with E-state index in [0.29, 0.717) is 27.0 Å². The molecule has 128 valence electrons. The van der Waals surface area contributed by atoms with E-state index < -0.39 is 18.5 Å². The number of carbonyl (C=O) groups is 2. The number of anilines is 1.